The van der Waals surface area contributed by atoms with Gasteiger partial charge in [-0.3, -0.25) is 19.7 Å². The second kappa shape index (κ2) is 7.77. The quantitative estimate of drug-likeness (QED) is 0.623. The molecule has 2 aromatic carbocycles. The van der Waals surface area contributed by atoms with Crippen LogP contribution in [0.1, 0.15) is 17.2 Å². The summed E-state index contributed by atoms with van der Waals surface area (Å²) in [5.41, 5.74) is 0.615. The van der Waals surface area contributed by atoms with Crippen LogP contribution in [-0.2, 0) is 16.0 Å². The van der Waals surface area contributed by atoms with Crippen molar-refractivity contribution >= 4 is 17.5 Å². The Morgan fingerprint density at radius 3 is 2.25 bits per heavy atom. The van der Waals surface area contributed by atoms with Crippen molar-refractivity contribution in [1.29, 1.82) is 0 Å². The van der Waals surface area contributed by atoms with Gasteiger partial charge in [0.05, 0.1) is 10.5 Å². The van der Waals surface area contributed by atoms with Crippen molar-refractivity contribution in [2.24, 2.45) is 0 Å². The van der Waals surface area contributed by atoms with E-state index in [0.717, 1.165) is 5.56 Å². The Morgan fingerprint density at radius 2 is 1.61 bits per heavy atom. The fourth-order valence-corrected chi connectivity index (χ4v) is 3.55. The summed E-state index contributed by atoms with van der Waals surface area (Å²) in [6.07, 6.45) is -1.16. The van der Waals surface area contributed by atoms with E-state index in [0.29, 0.717) is 6.42 Å². The van der Waals surface area contributed by atoms with Crippen LogP contribution in [0.25, 0.3) is 0 Å². The molecule has 8 nitrogen and oxygen atoms in total. The van der Waals surface area contributed by atoms with Gasteiger partial charge in [-0.05, 0) is 11.6 Å². The number of nitrogens with zero attached hydrogens (tertiary/aromatic N) is 3. The van der Waals surface area contributed by atoms with E-state index >= 15 is 0 Å². The van der Waals surface area contributed by atoms with Crippen LogP contribution in [0.15, 0.2) is 54.6 Å². The van der Waals surface area contributed by atoms with Crippen molar-refractivity contribution in [3.63, 3.8) is 0 Å². The number of hydrogen-bond donors (Lipinski definition) is 1. The predicted octanol–water partition coefficient (Wildman–Crippen LogP) is 1.54. The molecular weight excluding hydrogens is 362 g/mol. The van der Waals surface area contributed by atoms with Crippen LogP contribution in [-0.4, -0.2) is 57.8 Å². The molecule has 1 fully saturated rings. The molecule has 2 amide bonds. The highest BCUT2D eigenvalue weighted by molar-refractivity contribution is 5.97. The zero-order valence-corrected chi connectivity index (χ0v) is 15.6. The molecule has 0 bridgehead atoms. The number of aliphatic hydroxyl groups excluding tert-OH is 1. The van der Waals surface area contributed by atoms with Gasteiger partial charge in [-0.1, -0.05) is 42.5 Å². The van der Waals surface area contributed by atoms with Crippen molar-refractivity contribution in [3.8, 4) is 0 Å². The Labute approximate surface area is 162 Å². The Bertz CT molecular complexity index is 902. The first kappa shape index (κ1) is 19.5. The molecule has 1 aliphatic heterocycles. The van der Waals surface area contributed by atoms with Crippen LogP contribution in [0.5, 0.6) is 0 Å². The standard InChI is InChI=1S/C20H21N3O5/c1-21-16(12-13-8-4-3-5-9-13)19(25)22(2)17(20(21)26)18(24)14-10-6-7-11-15(14)23(27)28/h3-11,16-18,24H,12H2,1-2H3/t16-,17?,18?/m0/s1. The highest BCUT2D eigenvalue weighted by Gasteiger charge is 2.47. The maximum Gasteiger partial charge on any atom is 0.275 e. The summed E-state index contributed by atoms with van der Waals surface area (Å²) in [5, 5.41) is 22.1. The van der Waals surface area contributed by atoms with Crippen LogP contribution in [0.2, 0.25) is 0 Å². The Morgan fingerprint density at radius 1 is 1.00 bits per heavy atom. The number of rotatable bonds is 5. The number of piperazine rings is 1. The summed E-state index contributed by atoms with van der Waals surface area (Å²) in [4.78, 5) is 39.1. The molecule has 28 heavy (non-hydrogen) atoms. The summed E-state index contributed by atoms with van der Waals surface area (Å²) in [5.74, 6) is -0.790. The number of hydrogen-bond acceptors (Lipinski definition) is 5. The SMILES string of the molecule is CN1C(=O)[C@H](Cc2ccccc2)N(C)C(=O)C1C(O)c1ccccc1[N+](=O)[O-]. The highest BCUT2D eigenvalue weighted by atomic mass is 16.6. The normalized spacial score (nSPS) is 21.0. The Kier molecular flexibility index (Phi) is 5.41. The van der Waals surface area contributed by atoms with Gasteiger partial charge in [0.25, 0.3) is 5.69 Å². The van der Waals surface area contributed by atoms with E-state index in [4.69, 9.17) is 0 Å². The first-order valence-corrected chi connectivity index (χ1v) is 8.81. The minimum absolute atomic E-state index is 0.000379. The lowest BCUT2D eigenvalue weighted by atomic mass is 9.93. The van der Waals surface area contributed by atoms with Crippen molar-refractivity contribution in [3.05, 3.63) is 75.8 Å². The van der Waals surface area contributed by atoms with E-state index in [9.17, 15) is 24.8 Å². The third kappa shape index (κ3) is 3.46. The number of nitro benzene ring substituents is 1. The molecule has 0 radical (unpaired) electrons. The van der Waals surface area contributed by atoms with E-state index in [1.54, 1.807) is 6.07 Å². The summed E-state index contributed by atoms with van der Waals surface area (Å²) in [7, 11) is 2.95. The van der Waals surface area contributed by atoms with Crippen molar-refractivity contribution < 1.29 is 19.6 Å². The lowest BCUT2D eigenvalue weighted by molar-refractivity contribution is -0.386. The molecule has 1 saturated heterocycles. The summed E-state index contributed by atoms with van der Waals surface area (Å²) >= 11 is 0. The molecule has 1 N–H and O–H groups in total. The molecule has 3 atom stereocenters. The minimum atomic E-state index is -1.51. The predicted molar refractivity (Wildman–Crippen MR) is 101 cm³/mol. The van der Waals surface area contributed by atoms with Gasteiger partial charge in [0, 0.05) is 26.6 Å². The Balaban J connectivity index is 1.90. The number of carbonyl (C=O) groups excluding carboxylic acids is 2. The summed E-state index contributed by atoms with van der Waals surface area (Å²) in [6.45, 7) is 0. The van der Waals surface area contributed by atoms with Crippen LogP contribution >= 0.6 is 0 Å². The number of para-hydroxylation sites is 1. The van der Waals surface area contributed by atoms with Crippen LogP contribution < -0.4 is 0 Å². The molecule has 8 heteroatoms. The topological polar surface area (TPSA) is 104 Å². The molecule has 0 spiro atoms. The fraction of sp³-hybridized carbons (Fsp3) is 0.300. The van der Waals surface area contributed by atoms with Gasteiger partial charge in [-0.15, -0.1) is 0 Å². The van der Waals surface area contributed by atoms with E-state index in [-0.39, 0.29) is 17.2 Å². The molecule has 1 aliphatic rings. The van der Waals surface area contributed by atoms with E-state index in [1.165, 1.54) is 42.1 Å². The number of aliphatic hydroxyl groups is 1. The molecule has 0 aliphatic carbocycles. The first-order chi connectivity index (χ1) is 13.3. The zero-order valence-electron chi connectivity index (χ0n) is 15.6. The maximum absolute atomic E-state index is 13.0. The minimum Gasteiger partial charge on any atom is -0.385 e. The van der Waals surface area contributed by atoms with Gasteiger partial charge >= 0.3 is 0 Å². The molecule has 0 aromatic heterocycles. The third-order valence-electron chi connectivity index (χ3n) is 5.14. The Hall–Kier alpha value is -3.26. The molecular formula is C20H21N3O5. The van der Waals surface area contributed by atoms with Gasteiger partial charge in [-0.2, -0.15) is 0 Å². The molecule has 2 aromatic rings. The van der Waals surface area contributed by atoms with Gasteiger partial charge in [-0.25, -0.2) is 0 Å². The molecule has 146 valence electrons. The van der Waals surface area contributed by atoms with Gasteiger partial charge in [0.1, 0.15) is 18.2 Å². The van der Waals surface area contributed by atoms with Crippen molar-refractivity contribution in [2.75, 3.05) is 14.1 Å². The summed E-state index contributed by atoms with van der Waals surface area (Å²) < 4.78 is 0. The third-order valence-corrected chi connectivity index (χ3v) is 5.14. The zero-order chi connectivity index (χ0) is 20.4. The van der Waals surface area contributed by atoms with E-state index < -0.39 is 29.0 Å². The second-order valence-electron chi connectivity index (χ2n) is 6.81. The van der Waals surface area contributed by atoms with Crippen LogP contribution in [0.4, 0.5) is 5.69 Å². The number of likely N-dealkylation sites (N-methyl/N-ethyl adjacent to an activating group) is 2. The first-order valence-electron chi connectivity index (χ1n) is 8.81. The van der Waals surface area contributed by atoms with E-state index in [1.807, 2.05) is 30.3 Å². The number of nitro groups is 1. The largest absolute Gasteiger partial charge is 0.385 e. The number of carbonyl (C=O) groups is 2. The van der Waals surface area contributed by atoms with Crippen molar-refractivity contribution in [1.82, 2.24) is 9.80 Å². The number of benzene rings is 2. The summed E-state index contributed by atoms with van der Waals surface area (Å²) in [6, 6.07) is 13.1. The van der Waals surface area contributed by atoms with Crippen molar-refractivity contribution in [2.45, 2.75) is 24.6 Å². The maximum atomic E-state index is 13.0. The molecule has 0 saturated carbocycles. The number of amides is 2. The molecule has 3 rings (SSSR count). The lowest BCUT2D eigenvalue weighted by Gasteiger charge is -2.43. The smallest absolute Gasteiger partial charge is 0.275 e. The van der Waals surface area contributed by atoms with Gasteiger partial charge in [0.15, 0.2) is 0 Å². The molecule has 2 unspecified atom stereocenters. The van der Waals surface area contributed by atoms with Crippen LogP contribution in [0, 0.1) is 10.1 Å². The fourth-order valence-electron chi connectivity index (χ4n) is 3.55. The van der Waals surface area contributed by atoms with Crippen LogP contribution in [0.3, 0.4) is 0 Å². The molecule has 1 heterocycles. The lowest BCUT2D eigenvalue weighted by Crippen LogP contribution is -2.64. The van der Waals surface area contributed by atoms with E-state index in [2.05, 4.69) is 0 Å². The van der Waals surface area contributed by atoms with Gasteiger partial charge in [0.2, 0.25) is 11.8 Å². The average Bonchev–Trinajstić information content (AvgIpc) is 2.70. The van der Waals surface area contributed by atoms with Gasteiger partial charge < -0.3 is 14.9 Å². The highest BCUT2D eigenvalue weighted by Crippen LogP contribution is 2.32. The second-order valence-corrected chi connectivity index (χ2v) is 6.81. The average molecular weight is 383 g/mol. The monoisotopic (exact) mass is 383 g/mol.